The van der Waals surface area contributed by atoms with E-state index in [4.69, 9.17) is 4.42 Å². The molecular formula is C25H26N2O4S. The third-order valence-electron chi connectivity index (χ3n) is 5.72. The van der Waals surface area contributed by atoms with Gasteiger partial charge in [-0.25, -0.2) is 8.42 Å². The quantitative estimate of drug-likeness (QED) is 0.427. The van der Waals surface area contributed by atoms with Gasteiger partial charge in [-0.2, -0.15) is 0 Å². The molecule has 0 saturated carbocycles. The first kappa shape index (κ1) is 21.9. The van der Waals surface area contributed by atoms with E-state index in [-0.39, 0.29) is 0 Å². The fourth-order valence-electron chi connectivity index (χ4n) is 3.95. The molecule has 6 nitrogen and oxygen atoms in total. The molecule has 0 saturated heterocycles. The second-order valence-electron chi connectivity index (χ2n) is 8.05. The minimum Gasteiger partial charge on any atom is -0.456 e. The number of nitrogens with zero attached hydrogens (tertiary/aromatic N) is 1. The van der Waals surface area contributed by atoms with E-state index >= 15 is 0 Å². The van der Waals surface area contributed by atoms with E-state index in [0.29, 0.717) is 23.4 Å². The SMILES string of the molecule is CCC(C(=O)Nc1ccc2c(c1)oc1ccccc12)N(c1ccc(C)c(C)c1)S(C)(=O)=O. The Balaban J connectivity index is 1.67. The number of nitrogens with one attached hydrogen (secondary N) is 1. The highest BCUT2D eigenvalue weighted by molar-refractivity contribution is 7.92. The highest BCUT2D eigenvalue weighted by Gasteiger charge is 2.31. The number of anilines is 2. The largest absolute Gasteiger partial charge is 0.456 e. The van der Waals surface area contributed by atoms with E-state index in [1.165, 1.54) is 4.31 Å². The number of sulfonamides is 1. The number of fused-ring (bicyclic) bond motifs is 3. The summed E-state index contributed by atoms with van der Waals surface area (Å²) in [6.45, 7) is 5.68. The number of hydrogen-bond acceptors (Lipinski definition) is 4. The van der Waals surface area contributed by atoms with E-state index in [2.05, 4.69) is 5.32 Å². The third-order valence-corrected chi connectivity index (χ3v) is 6.90. The average molecular weight is 451 g/mol. The average Bonchev–Trinajstić information content (AvgIpc) is 3.10. The lowest BCUT2D eigenvalue weighted by molar-refractivity contribution is -0.117. The van der Waals surface area contributed by atoms with Gasteiger partial charge in [-0.05, 0) is 61.7 Å². The molecule has 0 aliphatic rings. The van der Waals surface area contributed by atoms with Crippen LogP contribution in [0.5, 0.6) is 0 Å². The highest BCUT2D eigenvalue weighted by Crippen LogP contribution is 2.31. The summed E-state index contributed by atoms with van der Waals surface area (Å²) in [4.78, 5) is 13.2. The molecular weight excluding hydrogens is 424 g/mol. The molecule has 1 heterocycles. The summed E-state index contributed by atoms with van der Waals surface area (Å²) < 4.78 is 32.5. The number of para-hydroxylation sites is 1. The predicted molar refractivity (Wildman–Crippen MR) is 130 cm³/mol. The zero-order chi connectivity index (χ0) is 23.0. The van der Waals surface area contributed by atoms with Crippen LogP contribution in [0, 0.1) is 13.8 Å². The highest BCUT2D eigenvalue weighted by atomic mass is 32.2. The van der Waals surface area contributed by atoms with E-state index in [1.54, 1.807) is 31.2 Å². The monoisotopic (exact) mass is 450 g/mol. The van der Waals surface area contributed by atoms with Gasteiger partial charge in [0.05, 0.1) is 11.9 Å². The van der Waals surface area contributed by atoms with Crippen LogP contribution in [-0.4, -0.2) is 26.6 Å². The molecule has 1 aromatic heterocycles. The molecule has 0 radical (unpaired) electrons. The van der Waals surface area contributed by atoms with Crippen LogP contribution < -0.4 is 9.62 Å². The fourth-order valence-corrected chi connectivity index (χ4v) is 5.16. The van der Waals surface area contributed by atoms with Gasteiger partial charge in [0.25, 0.3) is 0 Å². The summed E-state index contributed by atoms with van der Waals surface area (Å²) in [7, 11) is -3.69. The molecule has 3 aromatic carbocycles. The minimum atomic E-state index is -3.69. The molecule has 7 heteroatoms. The molecule has 1 atom stereocenters. The zero-order valence-corrected chi connectivity index (χ0v) is 19.4. The van der Waals surface area contributed by atoms with E-state index in [1.807, 2.05) is 50.2 Å². The van der Waals surface area contributed by atoms with E-state index < -0.39 is 22.0 Å². The number of amides is 1. The van der Waals surface area contributed by atoms with Gasteiger partial charge < -0.3 is 9.73 Å². The molecule has 0 fully saturated rings. The molecule has 32 heavy (non-hydrogen) atoms. The molecule has 166 valence electrons. The van der Waals surface area contributed by atoms with Gasteiger partial charge in [-0.15, -0.1) is 0 Å². The summed E-state index contributed by atoms with van der Waals surface area (Å²) in [5.74, 6) is -0.397. The van der Waals surface area contributed by atoms with E-state index in [9.17, 15) is 13.2 Å². The van der Waals surface area contributed by atoms with Gasteiger partial charge in [-0.1, -0.05) is 31.2 Å². The summed E-state index contributed by atoms with van der Waals surface area (Å²) in [6.07, 6.45) is 1.44. The summed E-state index contributed by atoms with van der Waals surface area (Å²) in [6, 6.07) is 17.7. The smallest absolute Gasteiger partial charge is 0.248 e. The Morgan fingerprint density at radius 2 is 1.69 bits per heavy atom. The van der Waals surface area contributed by atoms with Crippen molar-refractivity contribution in [3.8, 4) is 0 Å². The Kier molecular flexibility index (Phi) is 5.69. The molecule has 4 aromatic rings. The van der Waals surface area contributed by atoms with Crippen molar-refractivity contribution >= 4 is 49.2 Å². The molecule has 4 rings (SSSR count). The lowest BCUT2D eigenvalue weighted by Crippen LogP contribution is -2.47. The van der Waals surface area contributed by atoms with Crippen molar-refractivity contribution in [1.82, 2.24) is 0 Å². The van der Waals surface area contributed by atoms with Crippen molar-refractivity contribution in [3.63, 3.8) is 0 Å². The van der Waals surface area contributed by atoms with Crippen LogP contribution >= 0.6 is 0 Å². The Labute approximate surface area is 187 Å². The second kappa shape index (κ2) is 8.31. The Bertz CT molecular complexity index is 1420. The van der Waals surface area contributed by atoms with Crippen molar-refractivity contribution in [2.75, 3.05) is 15.9 Å². The van der Waals surface area contributed by atoms with Crippen LogP contribution in [0.3, 0.4) is 0 Å². The number of furan rings is 1. The summed E-state index contributed by atoms with van der Waals surface area (Å²) in [5.41, 5.74) is 4.47. The van der Waals surface area contributed by atoms with Gasteiger partial charge in [0.2, 0.25) is 15.9 Å². The Morgan fingerprint density at radius 3 is 2.38 bits per heavy atom. The summed E-state index contributed by atoms with van der Waals surface area (Å²) in [5, 5.41) is 4.83. The van der Waals surface area contributed by atoms with Crippen LogP contribution in [0.4, 0.5) is 11.4 Å². The van der Waals surface area contributed by atoms with Gasteiger partial charge >= 0.3 is 0 Å². The fraction of sp³-hybridized carbons (Fsp3) is 0.240. The summed E-state index contributed by atoms with van der Waals surface area (Å²) >= 11 is 0. The van der Waals surface area contributed by atoms with Crippen LogP contribution in [0.25, 0.3) is 21.9 Å². The topological polar surface area (TPSA) is 79.6 Å². The number of hydrogen-bond donors (Lipinski definition) is 1. The molecule has 1 amide bonds. The lowest BCUT2D eigenvalue weighted by atomic mass is 10.1. The third kappa shape index (κ3) is 4.08. The van der Waals surface area contributed by atoms with E-state index in [0.717, 1.165) is 33.7 Å². The number of carbonyl (C=O) groups is 1. The first-order chi connectivity index (χ1) is 15.2. The van der Waals surface area contributed by atoms with Crippen molar-refractivity contribution in [2.24, 2.45) is 0 Å². The van der Waals surface area contributed by atoms with Gasteiger partial charge in [-0.3, -0.25) is 9.10 Å². The van der Waals surface area contributed by atoms with Crippen LogP contribution in [0.2, 0.25) is 0 Å². The lowest BCUT2D eigenvalue weighted by Gasteiger charge is -2.30. The number of rotatable bonds is 6. The maximum atomic E-state index is 13.2. The van der Waals surface area contributed by atoms with Crippen molar-refractivity contribution in [3.05, 3.63) is 71.8 Å². The molecule has 1 N–H and O–H groups in total. The maximum absolute atomic E-state index is 13.2. The predicted octanol–water partition coefficient (Wildman–Crippen LogP) is 5.39. The standard InChI is InChI=1S/C25H26N2O4S/c1-5-22(27(32(4,29)30)19-12-10-16(2)17(3)14-19)25(28)26-18-11-13-21-20-8-6-7-9-23(20)31-24(21)15-18/h6-15,22H,5H2,1-4H3,(H,26,28). The number of aryl methyl sites for hydroxylation is 2. The first-order valence-electron chi connectivity index (χ1n) is 10.5. The van der Waals surface area contributed by atoms with Crippen LogP contribution in [0.1, 0.15) is 24.5 Å². The van der Waals surface area contributed by atoms with Gasteiger partial charge in [0, 0.05) is 22.5 Å². The van der Waals surface area contributed by atoms with Gasteiger partial charge in [0.15, 0.2) is 0 Å². The Hall–Kier alpha value is -3.32. The van der Waals surface area contributed by atoms with Crippen molar-refractivity contribution < 1.29 is 17.6 Å². The second-order valence-corrected chi connectivity index (χ2v) is 9.91. The minimum absolute atomic E-state index is 0.318. The Morgan fingerprint density at radius 1 is 0.969 bits per heavy atom. The molecule has 0 aliphatic heterocycles. The number of benzene rings is 3. The van der Waals surface area contributed by atoms with Crippen molar-refractivity contribution in [2.45, 2.75) is 33.2 Å². The van der Waals surface area contributed by atoms with Gasteiger partial charge in [0.1, 0.15) is 17.2 Å². The van der Waals surface area contributed by atoms with Crippen LogP contribution in [0.15, 0.2) is 65.1 Å². The first-order valence-corrected chi connectivity index (χ1v) is 12.3. The van der Waals surface area contributed by atoms with Crippen LogP contribution in [-0.2, 0) is 14.8 Å². The molecule has 0 spiro atoms. The number of carbonyl (C=O) groups excluding carboxylic acids is 1. The van der Waals surface area contributed by atoms with Crippen molar-refractivity contribution in [1.29, 1.82) is 0 Å². The normalized spacial score (nSPS) is 12.8. The molecule has 0 aliphatic carbocycles. The zero-order valence-electron chi connectivity index (χ0n) is 18.5. The molecule has 1 unspecified atom stereocenters. The molecule has 0 bridgehead atoms. The maximum Gasteiger partial charge on any atom is 0.248 e.